The number of nitrogens with one attached hydrogen (secondary N) is 1. The zero-order valence-electron chi connectivity index (χ0n) is 12.6. The van der Waals surface area contributed by atoms with Gasteiger partial charge in [0.25, 0.3) is 5.69 Å². The van der Waals surface area contributed by atoms with E-state index in [0.717, 1.165) is 18.3 Å². The Bertz CT molecular complexity index is 899. The molecule has 0 unspecified atom stereocenters. The third-order valence-corrected chi connectivity index (χ3v) is 3.15. The summed E-state index contributed by atoms with van der Waals surface area (Å²) in [4.78, 5) is 19.8. The van der Waals surface area contributed by atoms with Crippen LogP contribution in [0.2, 0.25) is 0 Å². The maximum Gasteiger partial charge on any atom is 0.416 e. The fourth-order valence-electron chi connectivity index (χ4n) is 1.93. The number of rotatable bonds is 5. The summed E-state index contributed by atoms with van der Waals surface area (Å²) in [5, 5.41) is 35.0. The van der Waals surface area contributed by atoms with Gasteiger partial charge in [0.1, 0.15) is 5.69 Å². The van der Waals surface area contributed by atoms with Crippen LogP contribution in [0.25, 0.3) is 0 Å². The number of nitro groups is 2. The van der Waals surface area contributed by atoms with Crippen molar-refractivity contribution in [2.24, 2.45) is 5.10 Å². The number of aromatic hydroxyl groups is 1. The Morgan fingerprint density at radius 1 is 1.08 bits per heavy atom. The van der Waals surface area contributed by atoms with Crippen LogP contribution in [0.5, 0.6) is 5.75 Å². The van der Waals surface area contributed by atoms with E-state index >= 15 is 0 Å². The first-order valence-corrected chi connectivity index (χ1v) is 6.72. The zero-order valence-corrected chi connectivity index (χ0v) is 12.6. The maximum absolute atomic E-state index is 12.6. The Hall–Kier alpha value is -3.70. The summed E-state index contributed by atoms with van der Waals surface area (Å²) >= 11 is 0. The van der Waals surface area contributed by atoms with Gasteiger partial charge in [0, 0.05) is 17.7 Å². The molecule has 0 amide bonds. The lowest BCUT2D eigenvalue weighted by Crippen LogP contribution is -2.06. The van der Waals surface area contributed by atoms with Gasteiger partial charge < -0.3 is 5.11 Å². The van der Waals surface area contributed by atoms with E-state index in [-0.39, 0.29) is 11.3 Å². The van der Waals surface area contributed by atoms with Gasteiger partial charge in [0.05, 0.1) is 21.6 Å². The average Bonchev–Trinajstić information content (AvgIpc) is 2.55. The fourth-order valence-corrected chi connectivity index (χ4v) is 1.93. The number of phenols is 1. The van der Waals surface area contributed by atoms with Crippen molar-refractivity contribution in [2.75, 3.05) is 5.43 Å². The SMILES string of the molecule is O=[N+]([O-])c1cc(C(F)(F)F)ccc1N/N=C\c1cccc([N+](=O)[O-])c1O. The summed E-state index contributed by atoms with van der Waals surface area (Å²) in [5.74, 6) is -0.676. The fraction of sp³-hybridized carbons (Fsp3) is 0.0714. The van der Waals surface area contributed by atoms with Gasteiger partial charge in [-0.15, -0.1) is 0 Å². The number of para-hydroxylation sites is 1. The van der Waals surface area contributed by atoms with Gasteiger partial charge >= 0.3 is 11.9 Å². The number of phenolic OH excluding ortho intramolecular Hbond substituents is 1. The first kappa shape index (κ1) is 18.6. The van der Waals surface area contributed by atoms with E-state index in [2.05, 4.69) is 10.5 Å². The highest BCUT2D eigenvalue weighted by Crippen LogP contribution is 2.35. The number of anilines is 1. The molecule has 2 aromatic rings. The largest absolute Gasteiger partial charge is 0.502 e. The van der Waals surface area contributed by atoms with Crippen LogP contribution in [-0.2, 0) is 6.18 Å². The van der Waals surface area contributed by atoms with Gasteiger partial charge in [-0.2, -0.15) is 18.3 Å². The Kier molecular flexibility index (Phi) is 5.05. The highest BCUT2D eigenvalue weighted by atomic mass is 19.4. The molecule has 0 radical (unpaired) electrons. The molecule has 12 heteroatoms. The van der Waals surface area contributed by atoms with E-state index < -0.39 is 38.7 Å². The first-order chi connectivity index (χ1) is 12.1. The van der Waals surface area contributed by atoms with Crippen LogP contribution in [0.3, 0.4) is 0 Å². The number of hydrogen-bond acceptors (Lipinski definition) is 7. The lowest BCUT2D eigenvalue weighted by molar-refractivity contribution is -0.385. The molecule has 9 nitrogen and oxygen atoms in total. The molecule has 0 fully saturated rings. The maximum atomic E-state index is 12.6. The van der Waals surface area contributed by atoms with Crippen molar-refractivity contribution < 1.29 is 28.1 Å². The molecule has 0 bridgehead atoms. The minimum atomic E-state index is -4.75. The third-order valence-electron chi connectivity index (χ3n) is 3.15. The Balaban J connectivity index is 2.30. The van der Waals surface area contributed by atoms with Crippen LogP contribution < -0.4 is 5.43 Å². The number of halogens is 3. The molecule has 136 valence electrons. The van der Waals surface area contributed by atoms with Gasteiger partial charge in [-0.25, -0.2) is 0 Å². The minimum Gasteiger partial charge on any atom is -0.502 e. The van der Waals surface area contributed by atoms with E-state index in [1.165, 1.54) is 12.1 Å². The zero-order chi connectivity index (χ0) is 19.5. The van der Waals surface area contributed by atoms with Crippen LogP contribution in [0, 0.1) is 20.2 Å². The average molecular weight is 370 g/mol. The molecule has 0 saturated carbocycles. The van der Waals surface area contributed by atoms with Crippen molar-refractivity contribution in [3.63, 3.8) is 0 Å². The van der Waals surface area contributed by atoms with E-state index in [1.54, 1.807) is 0 Å². The normalized spacial score (nSPS) is 11.5. The van der Waals surface area contributed by atoms with Crippen LogP contribution >= 0.6 is 0 Å². The lowest BCUT2D eigenvalue weighted by atomic mass is 10.1. The van der Waals surface area contributed by atoms with Gasteiger partial charge in [0.2, 0.25) is 5.75 Å². The van der Waals surface area contributed by atoms with E-state index in [1.807, 2.05) is 0 Å². The molecule has 0 aliphatic rings. The van der Waals surface area contributed by atoms with E-state index in [4.69, 9.17) is 0 Å². The molecule has 0 aliphatic carbocycles. The van der Waals surface area contributed by atoms with Crippen molar-refractivity contribution in [3.05, 3.63) is 67.8 Å². The number of hydrazone groups is 1. The van der Waals surface area contributed by atoms with Crippen molar-refractivity contribution >= 4 is 23.3 Å². The topological polar surface area (TPSA) is 131 Å². The molecule has 0 spiro atoms. The molecular formula is C14H9F3N4O5. The molecule has 0 saturated heterocycles. The molecule has 0 atom stereocenters. The second kappa shape index (κ2) is 7.04. The molecule has 2 N–H and O–H groups in total. The molecule has 0 aromatic heterocycles. The second-order valence-electron chi connectivity index (χ2n) is 4.83. The summed E-state index contributed by atoms with van der Waals surface area (Å²) in [5.41, 5.74) is -0.855. The monoisotopic (exact) mass is 370 g/mol. The van der Waals surface area contributed by atoms with Crippen LogP contribution in [0.15, 0.2) is 41.5 Å². The van der Waals surface area contributed by atoms with Crippen LogP contribution in [0.1, 0.15) is 11.1 Å². The van der Waals surface area contributed by atoms with E-state index in [0.29, 0.717) is 12.1 Å². The predicted octanol–water partition coefficient (Wildman–Crippen LogP) is 3.67. The summed E-state index contributed by atoms with van der Waals surface area (Å²) in [6.45, 7) is 0. The summed E-state index contributed by atoms with van der Waals surface area (Å²) in [7, 11) is 0. The first-order valence-electron chi connectivity index (χ1n) is 6.72. The second-order valence-corrected chi connectivity index (χ2v) is 4.83. The van der Waals surface area contributed by atoms with Crippen molar-refractivity contribution in [3.8, 4) is 5.75 Å². The smallest absolute Gasteiger partial charge is 0.416 e. The van der Waals surface area contributed by atoms with Crippen LogP contribution in [0.4, 0.5) is 30.2 Å². The standard InChI is InChI=1S/C14H9F3N4O5/c15-14(16,17)9-4-5-10(12(6-9)21(25)26)19-18-7-8-2-1-3-11(13(8)22)20(23)24/h1-7,19,22H/b18-7-. The van der Waals surface area contributed by atoms with Crippen molar-refractivity contribution in [2.45, 2.75) is 6.18 Å². The van der Waals surface area contributed by atoms with Gasteiger partial charge in [-0.05, 0) is 18.2 Å². The van der Waals surface area contributed by atoms with Gasteiger partial charge in [-0.1, -0.05) is 6.07 Å². The molecular weight excluding hydrogens is 361 g/mol. The van der Waals surface area contributed by atoms with Crippen LogP contribution in [-0.4, -0.2) is 21.2 Å². The van der Waals surface area contributed by atoms with E-state index in [9.17, 15) is 38.5 Å². The molecule has 2 aromatic carbocycles. The van der Waals surface area contributed by atoms with Gasteiger partial charge in [0.15, 0.2) is 0 Å². The van der Waals surface area contributed by atoms with Crippen molar-refractivity contribution in [1.29, 1.82) is 0 Å². The predicted molar refractivity (Wildman–Crippen MR) is 84.1 cm³/mol. The number of nitro benzene ring substituents is 2. The van der Waals surface area contributed by atoms with Crippen molar-refractivity contribution in [1.82, 2.24) is 0 Å². The minimum absolute atomic E-state index is 0.0683. The molecule has 2 rings (SSSR count). The summed E-state index contributed by atoms with van der Waals surface area (Å²) < 4.78 is 37.9. The number of alkyl halides is 3. The highest BCUT2D eigenvalue weighted by molar-refractivity contribution is 5.86. The Morgan fingerprint density at radius 2 is 1.73 bits per heavy atom. The summed E-state index contributed by atoms with van der Waals surface area (Å²) in [6, 6.07) is 5.43. The lowest BCUT2D eigenvalue weighted by Gasteiger charge is -2.08. The molecule has 0 aliphatic heterocycles. The third kappa shape index (κ3) is 4.03. The number of hydrogen-bond donors (Lipinski definition) is 2. The Morgan fingerprint density at radius 3 is 2.31 bits per heavy atom. The highest BCUT2D eigenvalue weighted by Gasteiger charge is 2.33. The number of nitrogens with zero attached hydrogens (tertiary/aromatic N) is 3. The Labute approximate surface area is 142 Å². The quantitative estimate of drug-likeness (QED) is 0.469. The summed E-state index contributed by atoms with van der Waals surface area (Å²) in [6.07, 6.45) is -3.81. The molecule has 26 heavy (non-hydrogen) atoms. The molecule has 0 heterocycles. The van der Waals surface area contributed by atoms with Gasteiger partial charge in [-0.3, -0.25) is 25.7 Å². The number of benzene rings is 2.